The molecule has 2 heterocycles. The lowest BCUT2D eigenvalue weighted by Crippen LogP contribution is -2.04. The van der Waals surface area contributed by atoms with Gasteiger partial charge in [0.15, 0.2) is 0 Å². The highest BCUT2D eigenvalue weighted by molar-refractivity contribution is 5.21. The van der Waals surface area contributed by atoms with Gasteiger partial charge in [-0.25, -0.2) is 0 Å². The highest BCUT2D eigenvalue weighted by atomic mass is 16.6. The number of aryl methyl sites for hydroxylation is 1. The molecule has 0 aliphatic rings. The molecule has 0 saturated heterocycles. The summed E-state index contributed by atoms with van der Waals surface area (Å²) in [5.74, 6) is 0.902. The van der Waals surface area contributed by atoms with Crippen molar-refractivity contribution in [3.63, 3.8) is 0 Å². The second-order valence-corrected chi connectivity index (χ2v) is 4.25. The quantitative estimate of drug-likeness (QED) is 0.605. The molecule has 0 radical (unpaired) electrons. The van der Waals surface area contributed by atoms with Crippen molar-refractivity contribution in [2.24, 2.45) is 0 Å². The van der Waals surface area contributed by atoms with Gasteiger partial charge in [0.2, 0.25) is 11.8 Å². The molecule has 8 heteroatoms. The first-order valence-electron chi connectivity index (χ1n) is 5.48. The topological polar surface area (TPSA) is 99.9 Å². The molecule has 0 spiro atoms. The zero-order valence-corrected chi connectivity index (χ0v) is 10.3. The second kappa shape index (κ2) is 4.55. The molecule has 2 aromatic rings. The summed E-state index contributed by atoms with van der Waals surface area (Å²) in [4.78, 5) is 10.1. The first kappa shape index (κ1) is 12.2. The largest absolute Gasteiger partial charge is 0.423 e. The van der Waals surface area contributed by atoms with Crippen LogP contribution in [0.5, 0.6) is 0 Å². The normalized spacial score (nSPS) is 11.1. The summed E-state index contributed by atoms with van der Waals surface area (Å²) in [6, 6.07) is 1.40. The van der Waals surface area contributed by atoms with Crippen molar-refractivity contribution in [2.45, 2.75) is 33.2 Å². The zero-order valence-electron chi connectivity index (χ0n) is 10.3. The number of rotatable bonds is 4. The monoisotopic (exact) mass is 251 g/mol. The maximum atomic E-state index is 10.6. The molecule has 8 nitrogen and oxygen atoms in total. The molecule has 0 aliphatic carbocycles. The van der Waals surface area contributed by atoms with Crippen molar-refractivity contribution in [3.8, 4) is 0 Å². The number of nitrogens with zero attached hydrogens (tertiary/aromatic N) is 5. The standard InChI is InChI=1S/C10H13N5O3/c1-6(2)10-12-11-9(18-10)5-14-7(3)4-8(13-14)15(16)17/h4,6H,5H2,1-3H3. The maximum Gasteiger partial charge on any atom is 0.390 e. The summed E-state index contributed by atoms with van der Waals surface area (Å²) in [5.41, 5.74) is 0.672. The van der Waals surface area contributed by atoms with Gasteiger partial charge in [-0.1, -0.05) is 13.8 Å². The van der Waals surface area contributed by atoms with E-state index in [2.05, 4.69) is 15.3 Å². The van der Waals surface area contributed by atoms with Gasteiger partial charge < -0.3 is 14.5 Å². The van der Waals surface area contributed by atoms with Crippen LogP contribution < -0.4 is 0 Å². The Hall–Kier alpha value is -2.25. The predicted octanol–water partition coefficient (Wildman–Crippen LogP) is 1.65. The second-order valence-electron chi connectivity index (χ2n) is 4.25. The Morgan fingerprint density at radius 1 is 1.50 bits per heavy atom. The highest BCUT2D eigenvalue weighted by Crippen LogP contribution is 2.15. The maximum absolute atomic E-state index is 10.6. The van der Waals surface area contributed by atoms with Gasteiger partial charge in [-0.05, 0) is 11.8 Å². The average molecular weight is 251 g/mol. The Bertz CT molecular complexity index is 572. The summed E-state index contributed by atoms with van der Waals surface area (Å²) in [6.07, 6.45) is 0. The summed E-state index contributed by atoms with van der Waals surface area (Å²) in [5, 5.41) is 22.2. The van der Waals surface area contributed by atoms with E-state index in [1.54, 1.807) is 6.92 Å². The van der Waals surface area contributed by atoms with Crippen molar-refractivity contribution in [1.82, 2.24) is 20.0 Å². The lowest BCUT2D eigenvalue weighted by Gasteiger charge is -1.95. The molecule has 0 amide bonds. The van der Waals surface area contributed by atoms with Gasteiger partial charge in [0.1, 0.15) is 6.54 Å². The average Bonchev–Trinajstić information content (AvgIpc) is 2.87. The molecule has 18 heavy (non-hydrogen) atoms. The van der Waals surface area contributed by atoms with Crippen molar-refractivity contribution in [3.05, 3.63) is 33.7 Å². The van der Waals surface area contributed by atoms with E-state index in [9.17, 15) is 10.1 Å². The lowest BCUT2D eigenvalue weighted by molar-refractivity contribution is -0.389. The van der Waals surface area contributed by atoms with E-state index < -0.39 is 4.92 Å². The van der Waals surface area contributed by atoms with Gasteiger partial charge in [-0.15, -0.1) is 10.2 Å². The molecule has 0 fully saturated rings. The van der Waals surface area contributed by atoms with Gasteiger partial charge in [-0.2, -0.15) is 4.68 Å². The summed E-state index contributed by atoms with van der Waals surface area (Å²) >= 11 is 0. The highest BCUT2D eigenvalue weighted by Gasteiger charge is 2.18. The summed E-state index contributed by atoms with van der Waals surface area (Å²) in [7, 11) is 0. The fourth-order valence-electron chi connectivity index (χ4n) is 1.43. The predicted molar refractivity (Wildman–Crippen MR) is 61.1 cm³/mol. The van der Waals surface area contributed by atoms with E-state index in [1.165, 1.54) is 10.7 Å². The van der Waals surface area contributed by atoms with Crippen LogP contribution in [0.1, 0.15) is 37.2 Å². The minimum Gasteiger partial charge on any atom is -0.423 e. The first-order chi connectivity index (χ1) is 8.47. The smallest absolute Gasteiger partial charge is 0.390 e. The molecule has 2 aromatic heterocycles. The summed E-state index contributed by atoms with van der Waals surface area (Å²) in [6.45, 7) is 5.86. The van der Waals surface area contributed by atoms with Crippen LogP contribution in [0.15, 0.2) is 10.5 Å². The minimum atomic E-state index is -0.531. The van der Waals surface area contributed by atoms with E-state index in [-0.39, 0.29) is 18.3 Å². The van der Waals surface area contributed by atoms with Gasteiger partial charge >= 0.3 is 5.82 Å². The van der Waals surface area contributed by atoms with Crippen molar-refractivity contribution in [2.75, 3.05) is 0 Å². The lowest BCUT2D eigenvalue weighted by atomic mass is 10.2. The van der Waals surface area contributed by atoms with Crippen LogP contribution in [-0.4, -0.2) is 24.9 Å². The number of hydrogen-bond donors (Lipinski definition) is 0. The molecule has 0 saturated carbocycles. The molecular weight excluding hydrogens is 238 g/mol. The molecule has 0 atom stereocenters. The molecule has 2 rings (SSSR count). The van der Waals surface area contributed by atoms with E-state index in [1.807, 2.05) is 13.8 Å². The van der Waals surface area contributed by atoms with Crippen LogP contribution >= 0.6 is 0 Å². The molecule has 0 unspecified atom stereocenters. The fraction of sp³-hybridized carbons (Fsp3) is 0.500. The molecule has 0 aliphatic heterocycles. The molecular formula is C10H13N5O3. The minimum absolute atomic E-state index is 0.152. The zero-order chi connectivity index (χ0) is 13.3. The van der Waals surface area contributed by atoms with Crippen LogP contribution in [0.4, 0.5) is 5.82 Å². The Morgan fingerprint density at radius 2 is 2.22 bits per heavy atom. The fourth-order valence-corrected chi connectivity index (χ4v) is 1.43. The van der Waals surface area contributed by atoms with Gasteiger partial charge in [0, 0.05) is 5.92 Å². The number of aromatic nitrogens is 4. The van der Waals surface area contributed by atoms with E-state index in [4.69, 9.17) is 4.42 Å². The van der Waals surface area contributed by atoms with E-state index >= 15 is 0 Å². The SMILES string of the molecule is Cc1cc([N+](=O)[O-])nn1Cc1nnc(C(C)C)o1. The third-order valence-electron chi connectivity index (χ3n) is 2.42. The van der Waals surface area contributed by atoms with E-state index in [0.717, 1.165) is 0 Å². The van der Waals surface area contributed by atoms with Crippen molar-refractivity contribution in [1.29, 1.82) is 0 Å². The third-order valence-corrected chi connectivity index (χ3v) is 2.42. The van der Waals surface area contributed by atoms with Gasteiger partial charge in [-0.3, -0.25) is 0 Å². The van der Waals surface area contributed by atoms with Crippen LogP contribution in [-0.2, 0) is 6.54 Å². The Kier molecular flexibility index (Phi) is 3.09. The third kappa shape index (κ3) is 2.36. The molecule has 0 aromatic carbocycles. The Morgan fingerprint density at radius 3 is 2.72 bits per heavy atom. The summed E-state index contributed by atoms with van der Waals surface area (Å²) < 4.78 is 6.89. The number of nitro groups is 1. The number of hydrogen-bond acceptors (Lipinski definition) is 6. The van der Waals surface area contributed by atoms with Crippen LogP contribution in [0, 0.1) is 17.0 Å². The van der Waals surface area contributed by atoms with E-state index in [0.29, 0.717) is 17.5 Å². The van der Waals surface area contributed by atoms with Crippen LogP contribution in [0.2, 0.25) is 0 Å². The Labute approximate surface area is 103 Å². The first-order valence-corrected chi connectivity index (χ1v) is 5.48. The Balaban J connectivity index is 2.20. The molecule has 96 valence electrons. The molecule has 0 N–H and O–H groups in total. The van der Waals surface area contributed by atoms with Crippen LogP contribution in [0.25, 0.3) is 0 Å². The molecule has 0 bridgehead atoms. The van der Waals surface area contributed by atoms with Crippen LogP contribution in [0.3, 0.4) is 0 Å². The van der Waals surface area contributed by atoms with Crippen molar-refractivity contribution >= 4 is 5.82 Å². The van der Waals surface area contributed by atoms with Gasteiger partial charge in [0.05, 0.1) is 16.9 Å². The van der Waals surface area contributed by atoms with Crippen molar-refractivity contribution < 1.29 is 9.34 Å². The van der Waals surface area contributed by atoms with Gasteiger partial charge in [0.25, 0.3) is 0 Å².